The molecule has 2 aromatic rings. The number of nitrogens with one attached hydrogen (secondary N) is 1. The number of nitrogens with zero attached hydrogens (tertiary/aromatic N) is 1. The number of thiazole rings is 1. The summed E-state index contributed by atoms with van der Waals surface area (Å²) >= 11 is 5.56. The molecule has 1 N–H and O–H groups in total. The number of carbonyl (C=O) groups is 1. The van der Waals surface area contributed by atoms with Crippen LogP contribution in [0.1, 0.15) is 51.9 Å². The molecule has 0 aliphatic heterocycles. The monoisotopic (exact) mass is 448 g/mol. The highest BCUT2D eigenvalue weighted by Crippen LogP contribution is 2.65. The van der Waals surface area contributed by atoms with Crippen LogP contribution in [0.25, 0.3) is 10.2 Å². The molecule has 4 aliphatic rings. The number of fused-ring (bicyclic) bond motifs is 1. The van der Waals surface area contributed by atoms with Gasteiger partial charge in [0.1, 0.15) is 5.75 Å². The average molecular weight is 449 g/mol. The smallest absolute Gasteiger partial charge is 0.226 e. The Morgan fingerprint density at radius 3 is 2.81 bits per heavy atom. The molecule has 1 aromatic carbocycles. The van der Waals surface area contributed by atoms with Gasteiger partial charge in [-0.25, -0.2) is 4.98 Å². The quantitative estimate of drug-likeness (QED) is 0.591. The lowest BCUT2D eigenvalue weighted by Gasteiger charge is -2.60. The zero-order chi connectivity index (χ0) is 18.6. The van der Waals surface area contributed by atoms with Crippen LogP contribution in [0.3, 0.4) is 0 Å². The van der Waals surface area contributed by atoms with Gasteiger partial charge in [-0.2, -0.15) is 0 Å². The number of alkyl halides is 1. The Morgan fingerprint density at radius 1 is 1.33 bits per heavy atom. The highest BCUT2D eigenvalue weighted by molar-refractivity contribution is 9.10. The van der Waals surface area contributed by atoms with Crippen LogP contribution in [0.5, 0.6) is 5.75 Å². The Kier molecular flexibility index (Phi) is 4.28. The van der Waals surface area contributed by atoms with E-state index in [4.69, 9.17) is 4.74 Å². The van der Waals surface area contributed by atoms with Gasteiger partial charge < -0.3 is 10.1 Å². The molecule has 2 unspecified atom stereocenters. The maximum atomic E-state index is 12.9. The van der Waals surface area contributed by atoms with Crippen molar-refractivity contribution in [2.24, 2.45) is 17.3 Å². The highest BCUT2D eigenvalue weighted by Gasteiger charge is 2.57. The van der Waals surface area contributed by atoms with Gasteiger partial charge in [-0.15, -0.1) is 0 Å². The summed E-state index contributed by atoms with van der Waals surface area (Å²) < 4.78 is 6.90. The lowest BCUT2D eigenvalue weighted by atomic mass is 9.48. The van der Waals surface area contributed by atoms with Gasteiger partial charge in [0.05, 0.1) is 16.8 Å². The van der Waals surface area contributed by atoms with Gasteiger partial charge in [-0.05, 0) is 80.9 Å². The summed E-state index contributed by atoms with van der Waals surface area (Å²) in [6, 6.07) is 5.89. The number of ether oxygens (including phenoxy) is 1. The molecule has 1 aromatic heterocycles. The Balaban J connectivity index is 1.30. The molecule has 6 rings (SSSR count). The maximum Gasteiger partial charge on any atom is 0.226 e. The molecular formula is C21H25BrN2O2S. The van der Waals surface area contributed by atoms with Gasteiger partial charge in [0, 0.05) is 10.7 Å². The van der Waals surface area contributed by atoms with Crippen molar-refractivity contribution in [2.45, 2.75) is 56.2 Å². The number of aromatic nitrogens is 1. The lowest BCUT2D eigenvalue weighted by molar-refractivity contribution is -0.123. The SMILES string of the molecule is CCOc1ccc2nc(NC(=O)CC34CC5CC(CC(Br)(C5)C3)C4)sc2c1. The number of anilines is 1. The summed E-state index contributed by atoms with van der Waals surface area (Å²) in [6.45, 7) is 2.62. The second-order valence-corrected chi connectivity index (χ2v) is 11.6. The maximum absolute atomic E-state index is 12.9. The highest BCUT2D eigenvalue weighted by atomic mass is 79.9. The van der Waals surface area contributed by atoms with Crippen LogP contribution >= 0.6 is 27.3 Å². The number of hydrogen-bond acceptors (Lipinski definition) is 4. The van der Waals surface area contributed by atoms with Crippen molar-refractivity contribution in [1.82, 2.24) is 4.98 Å². The molecule has 144 valence electrons. The van der Waals surface area contributed by atoms with E-state index in [9.17, 15) is 4.79 Å². The zero-order valence-corrected chi connectivity index (χ0v) is 18.0. The van der Waals surface area contributed by atoms with E-state index in [0.29, 0.717) is 22.5 Å². The van der Waals surface area contributed by atoms with Crippen molar-refractivity contribution >= 4 is 48.5 Å². The van der Waals surface area contributed by atoms with Crippen molar-refractivity contribution in [3.63, 3.8) is 0 Å². The summed E-state index contributed by atoms with van der Waals surface area (Å²) in [6.07, 6.45) is 8.20. The predicted octanol–water partition coefficient (Wildman–Crippen LogP) is 5.76. The molecule has 1 amide bonds. The standard InChI is InChI=1S/C21H25BrN2O2S/c1-2-26-15-3-4-16-17(6-15)27-19(23-16)24-18(25)11-20-7-13-5-14(8-20)10-21(22,9-13)12-20/h3-4,6,13-14H,2,5,7-12H2,1H3,(H,23,24,25). The molecule has 6 heteroatoms. The first kappa shape index (κ1) is 17.9. The summed E-state index contributed by atoms with van der Waals surface area (Å²) in [5.41, 5.74) is 1.10. The van der Waals surface area contributed by atoms with E-state index in [-0.39, 0.29) is 11.3 Å². The molecule has 0 saturated heterocycles. The van der Waals surface area contributed by atoms with Crippen molar-refractivity contribution in [1.29, 1.82) is 0 Å². The van der Waals surface area contributed by atoms with Crippen molar-refractivity contribution in [3.8, 4) is 5.75 Å². The van der Waals surface area contributed by atoms with Crippen LogP contribution in [-0.4, -0.2) is 21.8 Å². The normalized spacial score (nSPS) is 34.1. The van der Waals surface area contributed by atoms with E-state index in [1.807, 2.05) is 25.1 Å². The second-order valence-electron chi connectivity index (χ2n) is 8.92. The van der Waals surface area contributed by atoms with Crippen molar-refractivity contribution in [2.75, 3.05) is 11.9 Å². The summed E-state index contributed by atoms with van der Waals surface area (Å²) in [5, 5.41) is 3.78. The summed E-state index contributed by atoms with van der Waals surface area (Å²) in [4.78, 5) is 17.4. The van der Waals surface area contributed by atoms with Crippen LogP contribution in [-0.2, 0) is 4.79 Å². The van der Waals surface area contributed by atoms with Crippen LogP contribution in [0.2, 0.25) is 0 Å². The minimum atomic E-state index is 0.122. The largest absolute Gasteiger partial charge is 0.494 e. The number of hydrogen-bond donors (Lipinski definition) is 1. The average Bonchev–Trinajstić information content (AvgIpc) is 2.93. The molecule has 0 radical (unpaired) electrons. The van der Waals surface area contributed by atoms with Gasteiger partial charge in [-0.3, -0.25) is 4.79 Å². The van der Waals surface area contributed by atoms with E-state index in [1.165, 1.54) is 43.4 Å². The first-order valence-corrected chi connectivity index (χ1v) is 11.6. The number of rotatable bonds is 5. The van der Waals surface area contributed by atoms with E-state index in [1.54, 1.807) is 0 Å². The molecule has 0 spiro atoms. The number of halogens is 1. The first-order valence-electron chi connectivity index (χ1n) is 9.96. The van der Waals surface area contributed by atoms with E-state index in [0.717, 1.165) is 34.2 Å². The van der Waals surface area contributed by atoms with Crippen molar-refractivity contribution in [3.05, 3.63) is 18.2 Å². The van der Waals surface area contributed by atoms with E-state index in [2.05, 4.69) is 26.2 Å². The van der Waals surface area contributed by atoms with Crippen LogP contribution in [0.4, 0.5) is 5.13 Å². The zero-order valence-electron chi connectivity index (χ0n) is 15.6. The summed E-state index contributed by atoms with van der Waals surface area (Å²) in [5.74, 6) is 2.58. The second kappa shape index (κ2) is 6.45. The fraction of sp³-hybridized carbons (Fsp3) is 0.619. The lowest BCUT2D eigenvalue weighted by Crippen LogP contribution is -2.53. The van der Waals surface area contributed by atoms with E-state index < -0.39 is 0 Å². The van der Waals surface area contributed by atoms with Gasteiger partial charge >= 0.3 is 0 Å². The van der Waals surface area contributed by atoms with Gasteiger partial charge in [0.25, 0.3) is 0 Å². The molecule has 2 atom stereocenters. The van der Waals surface area contributed by atoms with Crippen LogP contribution < -0.4 is 10.1 Å². The third-order valence-corrected chi connectivity index (χ3v) is 8.43. The summed E-state index contributed by atoms with van der Waals surface area (Å²) in [7, 11) is 0. The third kappa shape index (κ3) is 3.39. The molecule has 4 saturated carbocycles. The molecule has 4 bridgehead atoms. The van der Waals surface area contributed by atoms with Crippen LogP contribution in [0.15, 0.2) is 18.2 Å². The molecule has 4 nitrogen and oxygen atoms in total. The minimum absolute atomic E-state index is 0.122. The van der Waals surface area contributed by atoms with Crippen LogP contribution in [0, 0.1) is 17.3 Å². The van der Waals surface area contributed by atoms with Gasteiger partial charge in [-0.1, -0.05) is 27.3 Å². The predicted molar refractivity (Wildman–Crippen MR) is 113 cm³/mol. The number of benzene rings is 1. The van der Waals surface area contributed by atoms with Gasteiger partial charge in [0.15, 0.2) is 5.13 Å². The Labute approximate surface area is 172 Å². The first-order chi connectivity index (χ1) is 12.9. The third-order valence-electron chi connectivity index (χ3n) is 6.56. The molecule has 1 heterocycles. The number of carbonyl (C=O) groups excluding carboxylic acids is 1. The Bertz CT molecular complexity index is 881. The Morgan fingerprint density at radius 2 is 2.11 bits per heavy atom. The Hall–Kier alpha value is -1.14. The minimum Gasteiger partial charge on any atom is -0.494 e. The van der Waals surface area contributed by atoms with Crippen molar-refractivity contribution < 1.29 is 9.53 Å². The molecule has 4 fully saturated rings. The topological polar surface area (TPSA) is 51.2 Å². The van der Waals surface area contributed by atoms with Gasteiger partial charge in [0.2, 0.25) is 5.91 Å². The van der Waals surface area contributed by atoms with E-state index >= 15 is 0 Å². The number of amides is 1. The fourth-order valence-corrected chi connectivity index (χ4v) is 8.68. The fourth-order valence-electron chi connectivity index (χ4n) is 6.26. The molecule has 27 heavy (non-hydrogen) atoms. The molecule has 4 aliphatic carbocycles. The molecular weight excluding hydrogens is 424 g/mol.